The van der Waals surface area contributed by atoms with Gasteiger partial charge in [-0.15, -0.1) is 0 Å². The Morgan fingerprint density at radius 2 is 2.05 bits per heavy atom. The van der Waals surface area contributed by atoms with Crippen LogP contribution in [0.25, 0.3) is 0 Å². The number of nitrogens with zero attached hydrogens (tertiary/aromatic N) is 2. The fraction of sp³-hybridized carbons (Fsp3) is 0.533. The maximum absolute atomic E-state index is 6.18. The monoisotopic (exact) mass is 295 g/mol. The Balaban J connectivity index is 2.14. The van der Waals surface area contributed by atoms with Gasteiger partial charge in [-0.05, 0) is 40.7 Å². The highest BCUT2D eigenvalue weighted by atomic mass is 35.5. The zero-order valence-electron chi connectivity index (χ0n) is 12.7. The van der Waals surface area contributed by atoms with Crippen molar-refractivity contribution in [3.8, 4) is 0 Å². The summed E-state index contributed by atoms with van der Waals surface area (Å²) in [6, 6.07) is 1.99. The van der Waals surface area contributed by atoms with Crippen LogP contribution in [-0.4, -0.2) is 15.3 Å². The third kappa shape index (κ3) is 3.44. The van der Waals surface area contributed by atoms with E-state index in [-0.39, 0.29) is 5.54 Å². The number of hydrogen-bond acceptors (Lipinski definition) is 3. The summed E-state index contributed by atoms with van der Waals surface area (Å²) in [5.74, 6) is 0.948. The second kappa shape index (κ2) is 5.62. The highest BCUT2D eigenvalue weighted by Gasteiger charge is 2.15. The van der Waals surface area contributed by atoms with E-state index < -0.39 is 0 Å². The predicted molar refractivity (Wildman–Crippen MR) is 81.1 cm³/mol. The normalized spacial score (nSPS) is 12.1. The lowest BCUT2D eigenvalue weighted by Gasteiger charge is -2.20. The lowest BCUT2D eigenvalue weighted by molar-refractivity contribution is 0.385. The van der Waals surface area contributed by atoms with Crippen molar-refractivity contribution in [2.24, 2.45) is 0 Å². The van der Waals surface area contributed by atoms with Crippen LogP contribution in [0.15, 0.2) is 16.7 Å². The van der Waals surface area contributed by atoms with Crippen molar-refractivity contribution in [2.45, 2.75) is 53.2 Å². The lowest BCUT2D eigenvalue weighted by Crippen LogP contribution is -2.35. The van der Waals surface area contributed by atoms with E-state index in [1.165, 1.54) is 0 Å². The third-order valence-electron chi connectivity index (χ3n) is 3.23. The SMILES string of the molecule is Cc1nn(Cc2ccoc2CNC(C)(C)C)c(C)c1Cl. The number of aryl methyl sites for hydroxylation is 1. The Morgan fingerprint density at radius 3 is 2.60 bits per heavy atom. The molecular weight excluding hydrogens is 274 g/mol. The van der Waals surface area contributed by atoms with Gasteiger partial charge in [0.05, 0.1) is 35.8 Å². The molecule has 0 aliphatic carbocycles. The average Bonchev–Trinajstić information content (AvgIpc) is 2.88. The fourth-order valence-corrected chi connectivity index (χ4v) is 2.13. The molecule has 2 aromatic rings. The molecule has 0 spiro atoms. The van der Waals surface area contributed by atoms with E-state index in [4.69, 9.17) is 16.0 Å². The highest BCUT2D eigenvalue weighted by molar-refractivity contribution is 6.31. The topological polar surface area (TPSA) is 43.0 Å². The van der Waals surface area contributed by atoms with Gasteiger partial charge in [-0.25, -0.2) is 0 Å². The number of rotatable bonds is 4. The minimum atomic E-state index is 0.0611. The molecule has 2 rings (SSSR count). The average molecular weight is 296 g/mol. The molecule has 0 radical (unpaired) electrons. The maximum atomic E-state index is 6.18. The Labute approximate surface area is 125 Å². The first-order chi connectivity index (χ1) is 9.28. The van der Waals surface area contributed by atoms with Gasteiger partial charge in [-0.2, -0.15) is 5.10 Å². The van der Waals surface area contributed by atoms with Crippen molar-refractivity contribution in [1.82, 2.24) is 15.1 Å². The Bertz CT molecular complexity index is 593. The Hall–Kier alpha value is -1.26. The first-order valence-electron chi connectivity index (χ1n) is 6.77. The van der Waals surface area contributed by atoms with Gasteiger partial charge in [-0.1, -0.05) is 11.6 Å². The molecule has 2 aromatic heterocycles. The molecule has 0 aromatic carbocycles. The molecule has 0 bridgehead atoms. The molecule has 2 heterocycles. The molecule has 0 atom stereocenters. The summed E-state index contributed by atoms with van der Waals surface area (Å²) in [5, 5.41) is 8.63. The van der Waals surface area contributed by atoms with E-state index in [0.717, 1.165) is 27.7 Å². The number of aromatic nitrogens is 2. The largest absolute Gasteiger partial charge is 0.468 e. The summed E-state index contributed by atoms with van der Waals surface area (Å²) >= 11 is 6.18. The van der Waals surface area contributed by atoms with Crippen molar-refractivity contribution >= 4 is 11.6 Å². The van der Waals surface area contributed by atoms with Gasteiger partial charge in [0, 0.05) is 11.1 Å². The van der Waals surface area contributed by atoms with Gasteiger partial charge in [-0.3, -0.25) is 4.68 Å². The fourth-order valence-electron chi connectivity index (χ4n) is 2.00. The summed E-state index contributed by atoms with van der Waals surface area (Å²) in [4.78, 5) is 0. The molecule has 0 saturated heterocycles. The molecule has 0 saturated carbocycles. The van der Waals surface area contributed by atoms with Crippen molar-refractivity contribution in [3.05, 3.63) is 40.1 Å². The summed E-state index contributed by atoms with van der Waals surface area (Å²) < 4.78 is 7.49. The van der Waals surface area contributed by atoms with Gasteiger partial charge in [0.15, 0.2) is 0 Å². The van der Waals surface area contributed by atoms with E-state index in [2.05, 4.69) is 31.2 Å². The second-order valence-electron chi connectivity index (χ2n) is 6.12. The van der Waals surface area contributed by atoms with Crippen LogP contribution >= 0.6 is 11.6 Å². The van der Waals surface area contributed by atoms with Gasteiger partial charge < -0.3 is 9.73 Å². The van der Waals surface area contributed by atoms with Crippen LogP contribution in [0.2, 0.25) is 5.02 Å². The minimum absolute atomic E-state index is 0.0611. The molecule has 110 valence electrons. The van der Waals surface area contributed by atoms with E-state index in [0.29, 0.717) is 13.1 Å². The second-order valence-corrected chi connectivity index (χ2v) is 6.49. The summed E-state index contributed by atoms with van der Waals surface area (Å²) in [7, 11) is 0. The first-order valence-corrected chi connectivity index (χ1v) is 7.15. The standard InChI is InChI=1S/C15H22ClN3O/c1-10-14(16)11(2)19(18-10)9-12-6-7-20-13(12)8-17-15(3,4)5/h6-7,17H,8-9H2,1-5H3. The zero-order chi connectivity index (χ0) is 14.9. The first kappa shape index (κ1) is 15.1. The predicted octanol–water partition coefficient (Wildman–Crippen LogP) is 3.68. The highest BCUT2D eigenvalue weighted by Crippen LogP contribution is 2.21. The van der Waals surface area contributed by atoms with Crippen molar-refractivity contribution in [2.75, 3.05) is 0 Å². The summed E-state index contributed by atoms with van der Waals surface area (Å²) in [5.41, 5.74) is 3.04. The molecule has 0 aliphatic heterocycles. The van der Waals surface area contributed by atoms with E-state index in [1.54, 1.807) is 6.26 Å². The van der Waals surface area contributed by atoms with Gasteiger partial charge in [0.25, 0.3) is 0 Å². The quantitative estimate of drug-likeness (QED) is 0.935. The minimum Gasteiger partial charge on any atom is -0.468 e. The molecule has 0 unspecified atom stereocenters. The van der Waals surface area contributed by atoms with Crippen LogP contribution in [0.1, 0.15) is 43.5 Å². The maximum Gasteiger partial charge on any atom is 0.122 e. The Kier molecular flexibility index (Phi) is 4.25. The number of furan rings is 1. The van der Waals surface area contributed by atoms with Crippen LogP contribution in [0.4, 0.5) is 0 Å². The molecule has 20 heavy (non-hydrogen) atoms. The lowest BCUT2D eigenvalue weighted by atomic mass is 10.1. The molecule has 5 heteroatoms. The van der Waals surface area contributed by atoms with Gasteiger partial charge in [0.2, 0.25) is 0 Å². The van der Waals surface area contributed by atoms with Crippen LogP contribution < -0.4 is 5.32 Å². The molecular formula is C15H22ClN3O. The van der Waals surface area contributed by atoms with E-state index >= 15 is 0 Å². The van der Waals surface area contributed by atoms with Gasteiger partial charge in [0.1, 0.15) is 5.76 Å². The number of nitrogens with one attached hydrogen (secondary N) is 1. The Morgan fingerprint density at radius 1 is 1.35 bits per heavy atom. The van der Waals surface area contributed by atoms with Gasteiger partial charge >= 0.3 is 0 Å². The zero-order valence-corrected chi connectivity index (χ0v) is 13.5. The van der Waals surface area contributed by atoms with E-state index in [9.17, 15) is 0 Å². The molecule has 0 fully saturated rings. The third-order valence-corrected chi connectivity index (χ3v) is 3.78. The molecule has 0 amide bonds. The van der Waals surface area contributed by atoms with E-state index in [1.807, 2.05) is 24.6 Å². The van der Waals surface area contributed by atoms with Crippen molar-refractivity contribution in [1.29, 1.82) is 0 Å². The molecule has 0 aliphatic rings. The van der Waals surface area contributed by atoms with Crippen molar-refractivity contribution < 1.29 is 4.42 Å². The smallest absolute Gasteiger partial charge is 0.122 e. The summed E-state index contributed by atoms with van der Waals surface area (Å²) in [6.45, 7) is 11.7. The number of hydrogen-bond donors (Lipinski definition) is 1. The van der Waals surface area contributed by atoms with Crippen molar-refractivity contribution in [3.63, 3.8) is 0 Å². The van der Waals surface area contributed by atoms with Crippen LogP contribution in [-0.2, 0) is 13.1 Å². The molecule has 1 N–H and O–H groups in total. The summed E-state index contributed by atoms with van der Waals surface area (Å²) in [6.07, 6.45) is 1.72. The van der Waals surface area contributed by atoms with Crippen LogP contribution in [0.3, 0.4) is 0 Å². The van der Waals surface area contributed by atoms with Crippen LogP contribution in [0.5, 0.6) is 0 Å². The van der Waals surface area contributed by atoms with Crippen LogP contribution in [0, 0.1) is 13.8 Å². The molecule has 4 nitrogen and oxygen atoms in total. The number of halogens is 1.